The van der Waals surface area contributed by atoms with Gasteiger partial charge in [0.2, 0.25) is 0 Å². The molecular weight excluding hydrogens is 346 g/mol. The van der Waals surface area contributed by atoms with Gasteiger partial charge in [-0.2, -0.15) is 0 Å². The van der Waals surface area contributed by atoms with Crippen molar-refractivity contribution in [3.05, 3.63) is 57.0 Å². The highest BCUT2D eigenvalue weighted by Gasteiger charge is 2.14. The number of nitrogens with zero attached hydrogens (tertiary/aromatic N) is 4. The quantitative estimate of drug-likeness (QED) is 0.598. The van der Waals surface area contributed by atoms with Crippen molar-refractivity contribution in [2.75, 3.05) is 6.54 Å². The predicted octanol–water partition coefficient (Wildman–Crippen LogP) is 0.750. The van der Waals surface area contributed by atoms with Crippen molar-refractivity contribution in [1.29, 1.82) is 0 Å². The number of hydrogen-bond donors (Lipinski definition) is 2. The molecule has 0 bridgehead atoms. The zero-order chi connectivity index (χ0) is 19.6. The van der Waals surface area contributed by atoms with Crippen LogP contribution in [0.2, 0.25) is 0 Å². The average molecular weight is 371 g/mol. The molecule has 1 unspecified atom stereocenters. The van der Waals surface area contributed by atoms with Crippen LogP contribution in [-0.2, 0) is 27.1 Å². The third-order valence-corrected chi connectivity index (χ3v) is 4.76. The van der Waals surface area contributed by atoms with E-state index < -0.39 is 0 Å². The van der Waals surface area contributed by atoms with E-state index in [1.54, 1.807) is 25.5 Å². The van der Waals surface area contributed by atoms with E-state index in [9.17, 15) is 14.7 Å². The second-order valence-corrected chi connectivity index (χ2v) is 6.90. The molecule has 0 spiro atoms. The van der Waals surface area contributed by atoms with Crippen LogP contribution in [0.4, 0.5) is 0 Å². The number of imidazole rings is 1. The smallest absolute Gasteiger partial charge is 0.332 e. The van der Waals surface area contributed by atoms with Crippen LogP contribution in [0.3, 0.4) is 0 Å². The minimum atomic E-state index is -0.373. The Morgan fingerprint density at radius 1 is 1.15 bits per heavy atom. The van der Waals surface area contributed by atoms with Crippen molar-refractivity contribution in [3.63, 3.8) is 0 Å². The van der Waals surface area contributed by atoms with Crippen LogP contribution in [0.5, 0.6) is 5.75 Å². The minimum Gasteiger partial charge on any atom is -0.508 e. The first-order valence-electron chi connectivity index (χ1n) is 9.00. The molecule has 3 rings (SSSR count). The number of nitrogens with one attached hydrogen (secondary N) is 1. The molecule has 27 heavy (non-hydrogen) atoms. The fourth-order valence-corrected chi connectivity index (χ4v) is 3.22. The van der Waals surface area contributed by atoms with Gasteiger partial charge in [-0.1, -0.05) is 12.1 Å². The predicted molar refractivity (Wildman–Crippen MR) is 104 cm³/mol. The van der Waals surface area contributed by atoms with E-state index in [2.05, 4.69) is 17.2 Å². The van der Waals surface area contributed by atoms with E-state index in [1.807, 2.05) is 16.7 Å². The zero-order valence-corrected chi connectivity index (χ0v) is 15.8. The molecule has 144 valence electrons. The van der Waals surface area contributed by atoms with Gasteiger partial charge >= 0.3 is 5.69 Å². The van der Waals surface area contributed by atoms with Gasteiger partial charge in [0, 0.05) is 26.7 Å². The zero-order valence-electron chi connectivity index (χ0n) is 15.8. The normalized spacial score (nSPS) is 12.6. The Labute approximate surface area is 156 Å². The van der Waals surface area contributed by atoms with Crippen molar-refractivity contribution in [1.82, 2.24) is 24.0 Å². The number of benzene rings is 1. The van der Waals surface area contributed by atoms with E-state index in [0.29, 0.717) is 23.8 Å². The standard InChI is InChI=1S/C19H25N5O3/c1-13(11-14-5-7-15(25)8-6-14)20-9-4-10-24-12-21-17-16(24)18(26)23(3)19(27)22(17)2/h5-8,12-13,20,25H,4,9-11H2,1-3H3. The Kier molecular flexibility index (Phi) is 5.46. The molecule has 0 amide bonds. The molecule has 1 atom stereocenters. The largest absolute Gasteiger partial charge is 0.508 e. The topological polar surface area (TPSA) is 94.1 Å². The van der Waals surface area contributed by atoms with Crippen molar-refractivity contribution in [2.24, 2.45) is 14.1 Å². The monoisotopic (exact) mass is 371 g/mol. The average Bonchev–Trinajstić information content (AvgIpc) is 3.08. The van der Waals surface area contributed by atoms with Gasteiger partial charge in [-0.15, -0.1) is 0 Å². The van der Waals surface area contributed by atoms with Crippen LogP contribution in [-0.4, -0.2) is 36.4 Å². The summed E-state index contributed by atoms with van der Waals surface area (Å²) in [6.07, 6.45) is 3.32. The molecule has 0 radical (unpaired) electrons. The highest BCUT2D eigenvalue weighted by molar-refractivity contribution is 5.69. The van der Waals surface area contributed by atoms with Crippen LogP contribution < -0.4 is 16.6 Å². The molecule has 0 saturated heterocycles. The molecule has 2 heterocycles. The summed E-state index contributed by atoms with van der Waals surface area (Å²) in [7, 11) is 3.10. The summed E-state index contributed by atoms with van der Waals surface area (Å²) in [5.74, 6) is 0.274. The molecule has 0 aliphatic heterocycles. The summed E-state index contributed by atoms with van der Waals surface area (Å²) in [4.78, 5) is 28.6. The number of phenolic OH excluding ortho intramolecular Hbond substituents is 1. The summed E-state index contributed by atoms with van der Waals surface area (Å²) >= 11 is 0. The molecule has 0 saturated carbocycles. The first kappa shape index (κ1) is 18.9. The number of hydrogen-bond acceptors (Lipinski definition) is 5. The van der Waals surface area contributed by atoms with Gasteiger partial charge in [0.1, 0.15) is 5.75 Å². The highest BCUT2D eigenvalue weighted by atomic mass is 16.3. The Bertz CT molecular complexity index is 1050. The number of fused-ring (bicyclic) bond motifs is 1. The first-order chi connectivity index (χ1) is 12.9. The van der Waals surface area contributed by atoms with E-state index in [1.165, 1.54) is 11.6 Å². The van der Waals surface area contributed by atoms with Gasteiger partial charge < -0.3 is 15.0 Å². The second kappa shape index (κ2) is 7.79. The number of aromatic nitrogens is 4. The van der Waals surface area contributed by atoms with Gasteiger partial charge in [-0.3, -0.25) is 13.9 Å². The lowest BCUT2D eigenvalue weighted by molar-refractivity contribution is 0.474. The number of aromatic hydroxyl groups is 1. The molecule has 0 aliphatic carbocycles. The SMILES string of the molecule is CC(Cc1ccc(O)cc1)NCCCn1cnc2c1c(=O)n(C)c(=O)n2C. The molecule has 2 N–H and O–H groups in total. The Hall–Kier alpha value is -2.87. The Morgan fingerprint density at radius 3 is 2.56 bits per heavy atom. The fourth-order valence-electron chi connectivity index (χ4n) is 3.22. The van der Waals surface area contributed by atoms with E-state index >= 15 is 0 Å². The van der Waals surface area contributed by atoms with Crippen LogP contribution in [0.25, 0.3) is 11.2 Å². The van der Waals surface area contributed by atoms with Crippen LogP contribution in [0.15, 0.2) is 40.2 Å². The Morgan fingerprint density at radius 2 is 1.85 bits per heavy atom. The van der Waals surface area contributed by atoms with E-state index in [4.69, 9.17) is 0 Å². The van der Waals surface area contributed by atoms with Gasteiger partial charge in [0.15, 0.2) is 11.2 Å². The van der Waals surface area contributed by atoms with Gasteiger partial charge in [-0.25, -0.2) is 9.78 Å². The maximum Gasteiger partial charge on any atom is 0.332 e. The number of rotatable bonds is 7. The van der Waals surface area contributed by atoms with Crippen LogP contribution >= 0.6 is 0 Å². The maximum atomic E-state index is 12.4. The molecule has 0 aliphatic rings. The molecule has 8 nitrogen and oxygen atoms in total. The van der Waals surface area contributed by atoms with Crippen molar-refractivity contribution in [3.8, 4) is 5.75 Å². The first-order valence-corrected chi connectivity index (χ1v) is 9.00. The summed E-state index contributed by atoms with van der Waals surface area (Å²) in [6.45, 7) is 3.55. The summed E-state index contributed by atoms with van der Waals surface area (Å²) in [6, 6.07) is 7.53. The number of phenols is 1. The number of aryl methyl sites for hydroxylation is 2. The van der Waals surface area contributed by atoms with Gasteiger partial charge in [0.25, 0.3) is 5.56 Å². The summed E-state index contributed by atoms with van der Waals surface area (Å²) in [5.41, 5.74) is 1.34. The molecule has 3 aromatic rings. The van der Waals surface area contributed by atoms with E-state index in [-0.39, 0.29) is 17.0 Å². The molecule has 2 aromatic heterocycles. The van der Waals surface area contributed by atoms with Crippen molar-refractivity contribution < 1.29 is 5.11 Å². The van der Waals surface area contributed by atoms with Gasteiger partial charge in [-0.05, 0) is 44.0 Å². The van der Waals surface area contributed by atoms with Crippen LogP contribution in [0, 0.1) is 0 Å². The fraction of sp³-hybridized carbons (Fsp3) is 0.421. The third kappa shape index (κ3) is 3.95. The second-order valence-electron chi connectivity index (χ2n) is 6.90. The van der Waals surface area contributed by atoms with Crippen LogP contribution in [0.1, 0.15) is 18.9 Å². The summed E-state index contributed by atoms with van der Waals surface area (Å²) in [5, 5.41) is 12.8. The molecule has 1 aromatic carbocycles. The molecule has 8 heteroatoms. The summed E-state index contributed by atoms with van der Waals surface area (Å²) < 4.78 is 4.31. The third-order valence-electron chi connectivity index (χ3n) is 4.76. The van der Waals surface area contributed by atoms with Crippen molar-refractivity contribution in [2.45, 2.75) is 32.4 Å². The Balaban J connectivity index is 1.59. The van der Waals surface area contributed by atoms with Gasteiger partial charge in [0.05, 0.1) is 6.33 Å². The highest BCUT2D eigenvalue weighted by Crippen LogP contribution is 2.11. The lowest BCUT2D eigenvalue weighted by atomic mass is 10.1. The molecular formula is C19H25N5O3. The lowest BCUT2D eigenvalue weighted by Gasteiger charge is -2.14. The molecule has 0 fully saturated rings. The minimum absolute atomic E-state index is 0.274. The lowest BCUT2D eigenvalue weighted by Crippen LogP contribution is -2.37. The van der Waals surface area contributed by atoms with Crippen molar-refractivity contribution >= 4 is 11.2 Å². The maximum absolute atomic E-state index is 12.4. The van der Waals surface area contributed by atoms with E-state index in [0.717, 1.165) is 29.5 Å².